The summed E-state index contributed by atoms with van der Waals surface area (Å²) in [6, 6.07) is 4.04. The first-order valence-corrected chi connectivity index (χ1v) is 6.01. The maximum absolute atomic E-state index is 4.27. The zero-order chi connectivity index (χ0) is 11.4. The molecule has 0 saturated carbocycles. The van der Waals surface area contributed by atoms with Gasteiger partial charge in [0.25, 0.3) is 0 Å². The average molecular weight is 234 g/mol. The number of pyridine rings is 1. The highest BCUT2D eigenvalue weighted by Crippen LogP contribution is 2.24. The second kappa shape index (κ2) is 5.03. The minimum Gasteiger partial charge on any atom is -0.373 e. The fraction of sp³-hybridized carbons (Fsp3) is 0.273. The van der Waals surface area contributed by atoms with Crippen molar-refractivity contribution >= 4 is 17.6 Å². The SMILES string of the molecule is CNc1ncccc1CSc1cnn(C)c1. The monoisotopic (exact) mass is 234 g/mol. The van der Waals surface area contributed by atoms with Gasteiger partial charge in [-0.1, -0.05) is 6.07 Å². The molecule has 2 heterocycles. The summed E-state index contributed by atoms with van der Waals surface area (Å²) in [6.07, 6.45) is 5.68. The molecule has 2 aromatic rings. The number of aromatic nitrogens is 3. The van der Waals surface area contributed by atoms with E-state index in [1.165, 1.54) is 10.5 Å². The van der Waals surface area contributed by atoms with E-state index in [0.29, 0.717) is 0 Å². The first-order chi connectivity index (χ1) is 7.79. The van der Waals surface area contributed by atoms with Gasteiger partial charge in [0.05, 0.1) is 6.20 Å². The summed E-state index contributed by atoms with van der Waals surface area (Å²) < 4.78 is 1.81. The molecule has 2 rings (SSSR count). The number of anilines is 1. The fourth-order valence-electron chi connectivity index (χ4n) is 1.41. The molecule has 4 nitrogen and oxygen atoms in total. The molecule has 2 aromatic heterocycles. The lowest BCUT2D eigenvalue weighted by Crippen LogP contribution is -1.96. The molecule has 0 unspecified atom stereocenters. The Bertz CT molecular complexity index is 467. The molecule has 5 heteroatoms. The number of nitrogens with zero attached hydrogens (tertiary/aromatic N) is 3. The minimum atomic E-state index is 0.899. The predicted octanol–water partition coefficient (Wildman–Crippen LogP) is 2.15. The lowest BCUT2D eigenvalue weighted by Gasteiger charge is -2.05. The maximum Gasteiger partial charge on any atom is 0.129 e. The lowest BCUT2D eigenvalue weighted by atomic mass is 10.3. The third-order valence-corrected chi connectivity index (χ3v) is 3.20. The first kappa shape index (κ1) is 11.0. The van der Waals surface area contributed by atoms with Gasteiger partial charge in [-0.05, 0) is 6.07 Å². The van der Waals surface area contributed by atoms with Crippen LogP contribution in [0.1, 0.15) is 5.56 Å². The number of hydrogen-bond acceptors (Lipinski definition) is 4. The van der Waals surface area contributed by atoms with Gasteiger partial charge in [-0.25, -0.2) is 4.98 Å². The number of hydrogen-bond donors (Lipinski definition) is 1. The van der Waals surface area contributed by atoms with Crippen molar-refractivity contribution in [2.24, 2.45) is 7.05 Å². The van der Waals surface area contributed by atoms with Crippen LogP contribution in [0.25, 0.3) is 0 Å². The molecule has 0 amide bonds. The molecule has 1 N–H and O–H groups in total. The van der Waals surface area contributed by atoms with E-state index in [9.17, 15) is 0 Å². The quantitative estimate of drug-likeness (QED) is 0.823. The molecule has 0 aromatic carbocycles. The van der Waals surface area contributed by atoms with Gasteiger partial charge in [-0.15, -0.1) is 11.8 Å². The Balaban J connectivity index is 2.04. The molecule has 0 saturated heterocycles. The Hall–Kier alpha value is -1.49. The van der Waals surface area contributed by atoms with Crippen molar-refractivity contribution in [3.05, 3.63) is 36.3 Å². The third-order valence-electron chi connectivity index (χ3n) is 2.20. The Morgan fingerprint density at radius 2 is 2.38 bits per heavy atom. The van der Waals surface area contributed by atoms with Gasteiger partial charge >= 0.3 is 0 Å². The third kappa shape index (κ3) is 2.55. The highest BCUT2D eigenvalue weighted by Gasteiger charge is 2.03. The van der Waals surface area contributed by atoms with Crippen molar-refractivity contribution in [3.8, 4) is 0 Å². The van der Waals surface area contributed by atoms with Crippen molar-refractivity contribution in [1.29, 1.82) is 0 Å². The summed E-state index contributed by atoms with van der Waals surface area (Å²) in [5.41, 5.74) is 1.21. The van der Waals surface area contributed by atoms with Crippen LogP contribution < -0.4 is 5.32 Å². The van der Waals surface area contributed by atoms with Crippen molar-refractivity contribution in [1.82, 2.24) is 14.8 Å². The minimum absolute atomic E-state index is 0.899. The summed E-state index contributed by atoms with van der Waals surface area (Å²) in [5.74, 6) is 1.84. The van der Waals surface area contributed by atoms with Crippen LogP contribution in [0.4, 0.5) is 5.82 Å². The summed E-state index contributed by atoms with van der Waals surface area (Å²) in [4.78, 5) is 5.44. The van der Waals surface area contributed by atoms with E-state index in [1.54, 1.807) is 18.0 Å². The van der Waals surface area contributed by atoms with Crippen molar-refractivity contribution < 1.29 is 0 Å². The standard InChI is InChI=1S/C11H14N4S/c1-12-11-9(4-3-5-13-11)8-16-10-6-14-15(2)7-10/h3-7H,8H2,1-2H3,(H,12,13). The molecule has 0 aliphatic rings. The van der Waals surface area contributed by atoms with E-state index in [1.807, 2.05) is 37.2 Å². The van der Waals surface area contributed by atoms with Gasteiger partial charge in [0.1, 0.15) is 5.82 Å². The van der Waals surface area contributed by atoms with Crippen LogP contribution in [0, 0.1) is 0 Å². The van der Waals surface area contributed by atoms with E-state index >= 15 is 0 Å². The van der Waals surface area contributed by atoms with Crippen LogP contribution in [-0.4, -0.2) is 21.8 Å². The smallest absolute Gasteiger partial charge is 0.129 e. The molecular formula is C11H14N4S. The second-order valence-corrected chi connectivity index (χ2v) is 4.45. The van der Waals surface area contributed by atoms with Gasteiger partial charge in [0, 0.05) is 42.7 Å². The van der Waals surface area contributed by atoms with Gasteiger partial charge in [-0.2, -0.15) is 5.10 Å². The number of nitrogens with one attached hydrogen (secondary N) is 1. The lowest BCUT2D eigenvalue weighted by molar-refractivity contribution is 0.766. The van der Waals surface area contributed by atoms with E-state index in [-0.39, 0.29) is 0 Å². The molecule has 84 valence electrons. The van der Waals surface area contributed by atoms with Crippen LogP contribution in [0.5, 0.6) is 0 Å². The summed E-state index contributed by atoms with van der Waals surface area (Å²) >= 11 is 1.76. The molecule has 0 atom stereocenters. The Morgan fingerprint density at radius 3 is 3.06 bits per heavy atom. The number of thioether (sulfide) groups is 1. The molecule has 0 radical (unpaired) electrons. The highest BCUT2D eigenvalue weighted by atomic mass is 32.2. The van der Waals surface area contributed by atoms with E-state index in [4.69, 9.17) is 0 Å². The normalized spacial score (nSPS) is 10.4. The van der Waals surface area contributed by atoms with E-state index in [2.05, 4.69) is 21.5 Å². The van der Waals surface area contributed by atoms with Crippen LogP contribution in [0.3, 0.4) is 0 Å². The predicted molar refractivity (Wildman–Crippen MR) is 66.6 cm³/mol. The molecule has 16 heavy (non-hydrogen) atoms. The zero-order valence-corrected chi connectivity index (χ0v) is 10.2. The second-order valence-electron chi connectivity index (χ2n) is 3.40. The van der Waals surface area contributed by atoms with Crippen LogP contribution in [0.2, 0.25) is 0 Å². The Labute approximate surface area is 99.1 Å². The van der Waals surface area contributed by atoms with Gasteiger partial charge < -0.3 is 5.32 Å². The van der Waals surface area contributed by atoms with Crippen LogP contribution >= 0.6 is 11.8 Å². The molecule has 0 fully saturated rings. The largest absolute Gasteiger partial charge is 0.373 e. The van der Waals surface area contributed by atoms with Crippen molar-refractivity contribution in [2.75, 3.05) is 12.4 Å². The van der Waals surface area contributed by atoms with Crippen LogP contribution in [-0.2, 0) is 12.8 Å². The summed E-state index contributed by atoms with van der Waals surface area (Å²) in [7, 11) is 3.81. The zero-order valence-electron chi connectivity index (χ0n) is 9.34. The molecule has 0 spiro atoms. The van der Waals surface area contributed by atoms with Crippen molar-refractivity contribution in [2.45, 2.75) is 10.6 Å². The number of aryl methyl sites for hydroxylation is 1. The number of rotatable bonds is 4. The molecule has 0 bridgehead atoms. The van der Waals surface area contributed by atoms with Crippen LogP contribution in [0.15, 0.2) is 35.6 Å². The molecular weight excluding hydrogens is 220 g/mol. The highest BCUT2D eigenvalue weighted by molar-refractivity contribution is 7.98. The van der Waals surface area contributed by atoms with Gasteiger partial charge in [0.2, 0.25) is 0 Å². The molecule has 0 aliphatic carbocycles. The Morgan fingerprint density at radius 1 is 1.50 bits per heavy atom. The van der Waals surface area contributed by atoms with E-state index in [0.717, 1.165) is 11.6 Å². The fourth-order valence-corrected chi connectivity index (χ4v) is 2.32. The van der Waals surface area contributed by atoms with E-state index < -0.39 is 0 Å². The molecule has 0 aliphatic heterocycles. The summed E-state index contributed by atoms with van der Waals surface area (Å²) in [5, 5.41) is 7.23. The maximum atomic E-state index is 4.27. The van der Waals surface area contributed by atoms with Gasteiger partial charge in [-0.3, -0.25) is 4.68 Å². The Kier molecular flexibility index (Phi) is 3.46. The summed E-state index contributed by atoms with van der Waals surface area (Å²) in [6.45, 7) is 0. The average Bonchev–Trinajstić information content (AvgIpc) is 2.73. The topological polar surface area (TPSA) is 42.7 Å². The van der Waals surface area contributed by atoms with Gasteiger partial charge in [0.15, 0.2) is 0 Å². The van der Waals surface area contributed by atoms with Crippen molar-refractivity contribution in [3.63, 3.8) is 0 Å². The first-order valence-electron chi connectivity index (χ1n) is 5.02.